The van der Waals surface area contributed by atoms with Gasteiger partial charge in [0.2, 0.25) is 0 Å². The van der Waals surface area contributed by atoms with Crippen molar-refractivity contribution >= 4 is 63.7 Å². The Bertz CT molecular complexity index is 107. The van der Waals surface area contributed by atoms with E-state index in [9.17, 15) is 0 Å². The van der Waals surface area contributed by atoms with Crippen LogP contribution in [-0.2, 0) is 0 Å². The van der Waals surface area contributed by atoms with Gasteiger partial charge in [-0.1, -0.05) is 63.7 Å². The van der Waals surface area contributed by atoms with Crippen molar-refractivity contribution < 1.29 is 0 Å². The van der Waals surface area contributed by atoms with Gasteiger partial charge in [0.1, 0.15) is 0 Å². The maximum Gasteiger partial charge on any atom is 0.0271 e. The standard InChI is InChI=1S/C8H12Br4/c9-5-1-2-6(10)8(12)4-3-7(5)11/h5-8H,1-4H2/t5-,6-,7+,8+. The molecule has 4 heteroatoms. The fraction of sp³-hybridized carbons (Fsp3) is 1.00. The molecule has 72 valence electrons. The Labute approximate surface area is 108 Å². The molecule has 0 saturated heterocycles. The van der Waals surface area contributed by atoms with E-state index in [1.165, 1.54) is 25.7 Å². The Morgan fingerprint density at radius 1 is 0.500 bits per heavy atom. The van der Waals surface area contributed by atoms with Crippen LogP contribution in [0.25, 0.3) is 0 Å². The predicted octanol–water partition coefficient (Wildman–Crippen LogP) is 4.61. The van der Waals surface area contributed by atoms with Crippen molar-refractivity contribution in [3.05, 3.63) is 0 Å². The highest BCUT2D eigenvalue weighted by Crippen LogP contribution is 2.33. The predicted molar refractivity (Wildman–Crippen MR) is 69.3 cm³/mol. The van der Waals surface area contributed by atoms with E-state index in [1.54, 1.807) is 0 Å². The van der Waals surface area contributed by atoms with Gasteiger partial charge in [-0.15, -0.1) is 0 Å². The molecule has 0 nitrogen and oxygen atoms in total. The van der Waals surface area contributed by atoms with Crippen LogP contribution in [0, 0.1) is 0 Å². The van der Waals surface area contributed by atoms with E-state index in [0.29, 0.717) is 19.3 Å². The summed E-state index contributed by atoms with van der Waals surface area (Å²) < 4.78 is 0. The first-order valence-electron chi connectivity index (χ1n) is 4.17. The zero-order chi connectivity index (χ0) is 9.14. The lowest BCUT2D eigenvalue weighted by Gasteiger charge is -2.25. The molecule has 1 saturated carbocycles. The average molecular weight is 428 g/mol. The highest BCUT2D eigenvalue weighted by molar-refractivity contribution is 9.12. The fourth-order valence-electron chi connectivity index (χ4n) is 1.36. The summed E-state index contributed by atoms with van der Waals surface area (Å²) in [4.78, 5) is 2.55. The smallest absolute Gasteiger partial charge is 0.0271 e. The third kappa shape index (κ3) is 3.58. The maximum absolute atomic E-state index is 3.70. The van der Waals surface area contributed by atoms with Crippen molar-refractivity contribution in [2.45, 2.75) is 45.0 Å². The van der Waals surface area contributed by atoms with Gasteiger partial charge in [0.25, 0.3) is 0 Å². The first-order chi connectivity index (χ1) is 5.61. The van der Waals surface area contributed by atoms with E-state index < -0.39 is 0 Å². The van der Waals surface area contributed by atoms with Crippen LogP contribution >= 0.6 is 63.7 Å². The third-order valence-electron chi connectivity index (χ3n) is 2.22. The van der Waals surface area contributed by atoms with Crippen molar-refractivity contribution in [2.75, 3.05) is 0 Å². The maximum atomic E-state index is 3.70. The van der Waals surface area contributed by atoms with Gasteiger partial charge in [-0.25, -0.2) is 0 Å². The van der Waals surface area contributed by atoms with Crippen molar-refractivity contribution in [2.24, 2.45) is 0 Å². The Morgan fingerprint density at radius 3 is 0.833 bits per heavy atom. The van der Waals surface area contributed by atoms with E-state index in [4.69, 9.17) is 0 Å². The molecule has 0 aromatic rings. The molecular formula is C8H12Br4. The third-order valence-corrected chi connectivity index (χ3v) is 8.02. The van der Waals surface area contributed by atoms with E-state index in [1.807, 2.05) is 0 Å². The van der Waals surface area contributed by atoms with Crippen LogP contribution in [-0.4, -0.2) is 19.3 Å². The molecule has 0 spiro atoms. The SMILES string of the molecule is Br[C@@H]1CC[C@@H](Br)[C@@H](Br)CC[C@@H]1Br. The van der Waals surface area contributed by atoms with Crippen LogP contribution < -0.4 is 0 Å². The molecule has 12 heavy (non-hydrogen) atoms. The molecule has 1 rings (SSSR count). The van der Waals surface area contributed by atoms with Gasteiger partial charge in [-0.05, 0) is 25.7 Å². The quantitative estimate of drug-likeness (QED) is 0.495. The molecule has 0 radical (unpaired) electrons. The summed E-state index contributed by atoms with van der Waals surface area (Å²) in [6.45, 7) is 0. The Balaban J connectivity index is 2.45. The van der Waals surface area contributed by atoms with Crippen molar-refractivity contribution in [3.8, 4) is 0 Å². The second-order valence-corrected chi connectivity index (χ2v) is 7.92. The highest BCUT2D eigenvalue weighted by atomic mass is 79.9. The molecular weight excluding hydrogens is 416 g/mol. The second-order valence-electron chi connectivity index (χ2n) is 3.22. The fourth-order valence-corrected chi connectivity index (χ4v) is 3.47. The minimum absolute atomic E-state index is 0.637. The van der Waals surface area contributed by atoms with Crippen LogP contribution in [0.1, 0.15) is 25.7 Å². The van der Waals surface area contributed by atoms with Gasteiger partial charge in [0.15, 0.2) is 0 Å². The van der Waals surface area contributed by atoms with Gasteiger partial charge in [-0.3, -0.25) is 0 Å². The van der Waals surface area contributed by atoms with E-state index in [0.717, 1.165) is 0 Å². The molecule has 0 aromatic heterocycles. The lowest BCUT2D eigenvalue weighted by atomic mass is 10.0. The number of alkyl halides is 4. The summed E-state index contributed by atoms with van der Waals surface area (Å²) >= 11 is 14.8. The second kappa shape index (κ2) is 5.72. The Kier molecular flexibility index (Phi) is 5.71. The minimum Gasteiger partial charge on any atom is -0.0879 e. The molecule has 0 aromatic carbocycles. The molecule has 1 fully saturated rings. The monoisotopic (exact) mass is 424 g/mol. The van der Waals surface area contributed by atoms with E-state index in [2.05, 4.69) is 63.7 Å². The molecule has 0 unspecified atom stereocenters. The minimum atomic E-state index is 0.637. The summed E-state index contributed by atoms with van der Waals surface area (Å²) in [7, 11) is 0. The molecule has 0 amide bonds. The summed E-state index contributed by atoms with van der Waals surface area (Å²) in [5.41, 5.74) is 0. The topological polar surface area (TPSA) is 0 Å². The van der Waals surface area contributed by atoms with Crippen molar-refractivity contribution in [3.63, 3.8) is 0 Å². The van der Waals surface area contributed by atoms with Crippen molar-refractivity contribution in [1.82, 2.24) is 0 Å². The van der Waals surface area contributed by atoms with Gasteiger partial charge in [-0.2, -0.15) is 0 Å². The number of rotatable bonds is 0. The largest absolute Gasteiger partial charge is 0.0879 e. The molecule has 0 heterocycles. The van der Waals surface area contributed by atoms with Crippen LogP contribution in [0.3, 0.4) is 0 Å². The Hall–Kier alpha value is 1.92. The average Bonchev–Trinajstić information content (AvgIpc) is 2.07. The molecule has 4 atom stereocenters. The van der Waals surface area contributed by atoms with Gasteiger partial charge < -0.3 is 0 Å². The summed E-state index contributed by atoms with van der Waals surface area (Å²) in [5, 5.41) is 0. The van der Waals surface area contributed by atoms with Gasteiger partial charge in [0, 0.05) is 19.3 Å². The van der Waals surface area contributed by atoms with Crippen LogP contribution in [0.4, 0.5) is 0 Å². The molecule has 0 N–H and O–H groups in total. The molecule has 0 bridgehead atoms. The van der Waals surface area contributed by atoms with Gasteiger partial charge in [0.05, 0.1) is 0 Å². The summed E-state index contributed by atoms with van der Waals surface area (Å²) in [6.07, 6.45) is 4.98. The Morgan fingerprint density at radius 2 is 0.667 bits per heavy atom. The zero-order valence-electron chi connectivity index (χ0n) is 6.65. The summed E-state index contributed by atoms with van der Waals surface area (Å²) in [5.74, 6) is 0. The number of halogens is 4. The first kappa shape index (κ1) is 12.0. The first-order valence-corrected chi connectivity index (χ1v) is 7.84. The zero-order valence-corrected chi connectivity index (χ0v) is 13.0. The lowest BCUT2D eigenvalue weighted by molar-refractivity contribution is 0.557. The number of hydrogen-bond acceptors (Lipinski definition) is 0. The number of hydrogen-bond donors (Lipinski definition) is 0. The van der Waals surface area contributed by atoms with Crippen LogP contribution in [0.15, 0.2) is 0 Å². The van der Waals surface area contributed by atoms with Crippen LogP contribution in [0.5, 0.6) is 0 Å². The highest BCUT2D eigenvalue weighted by Gasteiger charge is 2.25. The summed E-state index contributed by atoms with van der Waals surface area (Å²) in [6, 6.07) is 0. The van der Waals surface area contributed by atoms with Gasteiger partial charge >= 0.3 is 0 Å². The van der Waals surface area contributed by atoms with Crippen LogP contribution in [0.2, 0.25) is 0 Å². The van der Waals surface area contributed by atoms with E-state index in [-0.39, 0.29) is 0 Å². The molecule has 0 aliphatic heterocycles. The normalized spacial score (nSPS) is 45.0. The molecule has 1 aliphatic rings. The molecule has 1 aliphatic carbocycles. The van der Waals surface area contributed by atoms with Crippen molar-refractivity contribution in [1.29, 1.82) is 0 Å². The lowest BCUT2D eigenvalue weighted by Crippen LogP contribution is -2.25. The van der Waals surface area contributed by atoms with E-state index >= 15 is 0 Å².